The average molecular weight is 469 g/mol. The van der Waals surface area contributed by atoms with Gasteiger partial charge in [-0.25, -0.2) is 15.0 Å². The minimum Gasteiger partial charge on any atom is -0.489 e. The number of nitrogens with zero attached hydrogens (tertiary/aromatic N) is 4. The number of halogens is 4. The molecular weight excluding hydrogens is 445 g/mol. The van der Waals surface area contributed by atoms with Gasteiger partial charge in [0.05, 0.1) is 28.0 Å². The van der Waals surface area contributed by atoms with Crippen molar-refractivity contribution in [2.45, 2.75) is 31.4 Å². The van der Waals surface area contributed by atoms with E-state index in [9.17, 15) is 13.2 Å². The molecule has 0 aliphatic carbocycles. The van der Waals surface area contributed by atoms with E-state index in [4.69, 9.17) is 22.1 Å². The zero-order valence-electron chi connectivity index (χ0n) is 18.0. The highest BCUT2D eigenvalue weighted by atomic mass is 35.5. The highest BCUT2D eigenvalue weighted by Gasteiger charge is 2.49. The lowest BCUT2D eigenvalue weighted by atomic mass is 9.71. The van der Waals surface area contributed by atoms with Crippen molar-refractivity contribution >= 4 is 34.2 Å². The summed E-state index contributed by atoms with van der Waals surface area (Å²) >= 11 is 6.70. The summed E-state index contributed by atoms with van der Waals surface area (Å²) in [6.45, 7) is 2.95. The van der Waals surface area contributed by atoms with Crippen LogP contribution < -0.4 is 15.8 Å². The molecule has 3 N–H and O–H groups in total. The lowest BCUT2D eigenvalue weighted by Crippen LogP contribution is -2.39. The van der Waals surface area contributed by atoms with Crippen LogP contribution in [-0.4, -0.2) is 60.7 Å². The maximum Gasteiger partial charge on any atom is 0.415 e. The van der Waals surface area contributed by atoms with Gasteiger partial charge in [0, 0.05) is 31.0 Å². The van der Waals surface area contributed by atoms with Gasteiger partial charge in [-0.2, -0.15) is 13.2 Å². The number of aliphatic imine (C=N–C) groups is 1. The molecule has 0 radical (unpaired) electrons. The Morgan fingerprint density at radius 1 is 1.31 bits per heavy atom. The third kappa shape index (κ3) is 3.97. The molecule has 7 nitrogen and oxygen atoms in total. The highest BCUT2D eigenvalue weighted by Crippen LogP contribution is 2.51. The van der Waals surface area contributed by atoms with E-state index in [-0.39, 0.29) is 35.2 Å². The second-order valence-electron chi connectivity index (χ2n) is 8.45. The molecule has 2 aliphatic heterocycles. The third-order valence-electron chi connectivity index (χ3n) is 5.74. The van der Waals surface area contributed by atoms with Gasteiger partial charge in [0.25, 0.3) is 0 Å². The number of rotatable bonds is 4. The quantitative estimate of drug-likeness (QED) is 0.712. The molecular formula is C21H24ClF3N6O. The van der Waals surface area contributed by atoms with E-state index in [2.05, 4.69) is 20.3 Å². The smallest absolute Gasteiger partial charge is 0.415 e. The fourth-order valence-corrected chi connectivity index (χ4v) is 4.54. The summed E-state index contributed by atoms with van der Waals surface area (Å²) in [5, 5.41) is 3.87. The Balaban J connectivity index is 1.96. The number of ether oxygens (including phenoxy) is 1. The van der Waals surface area contributed by atoms with Crippen LogP contribution in [0, 0.1) is 0 Å². The maximum atomic E-state index is 14.0. The second kappa shape index (κ2) is 8.08. The van der Waals surface area contributed by atoms with Crippen molar-refractivity contribution in [3.8, 4) is 5.75 Å². The number of allylic oxidation sites excluding steroid dienone is 1. The Bertz CT molecular complexity index is 1130. The zero-order chi connectivity index (χ0) is 23.3. The molecule has 0 bridgehead atoms. The second-order valence-corrected chi connectivity index (χ2v) is 8.83. The zero-order valence-corrected chi connectivity index (χ0v) is 18.7. The van der Waals surface area contributed by atoms with E-state index in [1.165, 1.54) is 6.92 Å². The van der Waals surface area contributed by atoms with Gasteiger partial charge in [0.1, 0.15) is 24.1 Å². The molecule has 3 heterocycles. The highest BCUT2D eigenvalue weighted by molar-refractivity contribution is 6.34. The fourth-order valence-electron chi connectivity index (χ4n) is 4.13. The summed E-state index contributed by atoms with van der Waals surface area (Å²) in [5.41, 5.74) is 4.20. The molecule has 2 aliphatic rings. The van der Waals surface area contributed by atoms with Gasteiger partial charge in [0.2, 0.25) is 0 Å². The standard InChI is InChI=1S/C21H24ClF3N6O/c1-20(9-14(26)28-10-13(20)21(23,24)25)11-8-12-16-18(17(11)22)32-7-5-27-19(16)30-15(29-12)4-6-31(2)3/h8,10H,4-7,9H2,1-3H3,(H2,26,28)(H,27,29,30). The first-order valence-electron chi connectivity index (χ1n) is 10.2. The molecule has 0 saturated heterocycles. The van der Waals surface area contributed by atoms with Crippen molar-refractivity contribution in [2.24, 2.45) is 10.7 Å². The number of hydrogen-bond acceptors (Lipinski definition) is 7. The van der Waals surface area contributed by atoms with Gasteiger partial charge < -0.3 is 20.7 Å². The molecule has 0 fully saturated rings. The number of aromatic nitrogens is 2. The summed E-state index contributed by atoms with van der Waals surface area (Å²) in [6.07, 6.45) is -3.38. The SMILES string of the molecule is CN(C)CCc1nc2c3c(c(Cl)c(C4(C)CC(N)=NC=C4C(F)(F)F)cc3n1)OCCN2. The number of anilines is 1. The topological polar surface area (TPSA) is 88.7 Å². The number of hydrogen-bond donors (Lipinski definition) is 2. The summed E-state index contributed by atoms with van der Waals surface area (Å²) in [6, 6.07) is 1.60. The van der Waals surface area contributed by atoms with E-state index in [0.29, 0.717) is 35.5 Å². The number of benzene rings is 1. The Labute approximate surface area is 188 Å². The Kier molecular flexibility index (Phi) is 5.70. The van der Waals surface area contributed by atoms with Crippen molar-refractivity contribution in [1.82, 2.24) is 14.9 Å². The number of likely N-dealkylation sites (N-methyl/N-ethyl adjacent to an activating group) is 1. The van der Waals surface area contributed by atoms with Gasteiger partial charge in [0.15, 0.2) is 5.75 Å². The van der Waals surface area contributed by atoms with Crippen LogP contribution in [0.15, 0.2) is 22.8 Å². The van der Waals surface area contributed by atoms with Gasteiger partial charge in [-0.3, -0.25) is 0 Å². The number of alkyl halides is 3. The van der Waals surface area contributed by atoms with Crippen molar-refractivity contribution in [3.63, 3.8) is 0 Å². The largest absolute Gasteiger partial charge is 0.489 e. The predicted octanol–water partition coefficient (Wildman–Crippen LogP) is 3.66. The predicted molar refractivity (Wildman–Crippen MR) is 119 cm³/mol. The Morgan fingerprint density at radius 2 is 2.06 bits per heavy atom. The Hall–Kier alpha value is -2.59. The number of nitrogens with two attached hydrogens (primary N) is 1. The van der Waals surface area contributed by atoms with Crippen LogP contribution in [0.2, 0.25) is 5.02 Å². The normalized spacial score (nSPS) is 21.0. The molecule has 1 unspecified atom stereocenters. The number of amidine groups is 1. The molecule has 32 heavy (non-hydrogen) atoms. The van der Waals surface area contributed by atoms with E-state index >= 15 is 0 Å². The first-order valence-corrected chi connectivity index (χ1v) is 10.5. The third-order valence-corrected chi connectivity index (χ3v) is 6.11. The molecule has 11 heteroatoms. The first kappa shape index (κ1) is 22.6. The molecule has 2 aromatic rings. The van der Waals surface area contributed by atoms with Crippen LogP contribution in [-0.2, 0) is 11.8 Å². The van der Waals surface area contributed by atoms with E-state index in [1.54, 1.807) is 6.07 Å². The summed E-state index contributed by atoms with van der Waals surface area (Å²) < 4.78 is 47.8. The molecule has 1 aromatic carbocycles. The molecule has 0 amide bonds. The van der Waals surface area contributed by atoms with Crippen LogP contribution in [0.3, 0.4) is 0 Å². The van der Waals surface area contributed by atoms with Gasteiger partial charge in [-0.1, -0.05) is 18.5 Å². The molecule has 0 spiro atoms. The van der Waals surface area contributed by atoms with Gasteiger partial charge in [-0.05, 0) is 25.7 Å². The van der Waals surface area contributed by atoms with E-state index in [0.717, 1.165) is 12.7 Å². The van der Waals surface area contributed by atoms with Crippen LogP contribution in [0.4, 0.5) is 19.0 Å². The molecule has 0 saturated carbocycles. The minimum absolute atomic E-state index is 0.0967. The van der Waals surface area contributed by atoms with Crippen molar-refractivity contribution < 1.29 is 17.9 Å². The van der Waals surface area contributed by atoms with Gasteiger partial charge in [-0.15, -0.1) is 0 Å². The van der Waals surface area contributed by atoms with Gasteiger partial charge >= 0.3 is 6.18 Å². The van der Waals surface area contributed by atoms with Crippen LogP contribution in [0.1, 0.15) is 24.7 Å². The summed E-state index contributed by atoms with van der Waals surface area (Å²) in [5.74, 6) is 1.52. The Morgan fingerprint density at radius 3 is 2.75 bits per heavy atom. The van der Waals surface area contributed by atoms with Crippen LogP contribution in [0.25, 0.3) is 10.9 Å². The molecule has 4 rings (SSSR count). The first-order chi connectivity index (χ1) is 15.0. The van der Waals surface area contributed by atoms with Crippen molar-refractivity contribution in [2.75, 3.05) is 39.1 Å². The van der Waals surface area contributed by atoms with Crippen molar-refractivity contribution in [1.29, 1.82) is 0 Å². The average Bonchev–Trinajstić information content (AvgIpc) is 2.91. The molecule has 172 valence electrons. The van der Waals surface area contributed by atoms with Crippen LogP contribution >= 0.6 is 11.6 Å². The lowest BCUT2D eigenvalue weighted by molar-refractivity contribution is -0.101. The minimum atomic E-state index is -4.61. The number of nitrogens with one attached hydrogen (secondary N) is 1. The molecule has 1 atom stereocenters. The van der Waals surface area contributed by atoms with E-state index in [1.807, 2.05) is 19.0 Å². The fraction of sp³-hybridized carbons (Fsp3) is 0.476. The maximum absolute atomic E-state index is 14.0. The lowest BCUT2D eigenvalue weighted by Gasteiger charge is -2.36. The molecule has 1 aromatic heterocycles. The monoisotopic (exact) mass is 468 g/mol. The van der Waals surface area contributed by atoms with Crippen LogP contribution in [0.5, 0.6) is 5.75 Å². The summed E-state index contributed by atoms with van der Waals surface area (Å²) in [7, 11) is 3.89. The van der Waals surface area contributed by atoms with Crippen molar-refractivity contribution in [3.05, 3.63) is 34.2 Å². The summed E-state index contributed by atoms with van der Waals surface area (Å²) in [4.78, 5) is 15.0. The van der Waals surface area contributed by atoms with E-state index < -0.39 is 17.2 Å².